The van der Waals surface area contributed by atoms with E-state index in [0.29, 0.717) is 29.7 Å². The summed E-state index contributed by atoms with van der Waals surface area (Å²) in [6, 6.07) is 5.65. The van der Waals surface area contributed by atoms with Crippen molar-refractivity contribution in [2.24, 2.45) is 0 Å². The first-order valence-electron chi connectivity index (χ1n) is 6.65. The van der Waals surface area contributed by atoms with Crippen LogP contribution in [0.3, 0.4) is 0 Å². The molecule has 3 N–H and O–H groups in total. The van der Waals surface area contributed by atoms with E-state index in [0.717, 1.165) is 18.1 Å². The lowest BCUT2D eigenvalue weighted by Gasteiger charge is -2.32. The van der Waals surface area contributed by atoms with E-state index in [1.807, 2.05) is 11.8 Å². The van der Waals surface area contributed by atoms with Gasteiger partial charge in [0.05, 0.1) is 19.3 Å². The van der Waals surface area contributed by atoms with Crippen LogP contribution in [-0.2, 0) is 4.79 Å². The Balaban J connectivity index is 1.99. The summed E-state index contributed by atoms with van der Waals surface area (Å²) in [7, 11) is 1.57. The van der Waals surface area contributed by atoms with E-state index in [2.05, 4.69) is 17.1 Å². The zero-order valence-electron chi connectivity index (χ0n) is 11.9. The predicted molar refractivity (Wildman–Crippen MR) is 84.4 cm³/mol. The summed E-state index contributed by atoms with van der Waals surface area (Å²) in [6.45, 7) is 3.51. The van der Waals surface area contributed by atoms with Gasteiger partial charge in [-0.2, -0.15) is 11.8 Å². The van der Waals surface area contributed by atoms with Crippen LogP contribution in [0, 0.1) is 0 Å². The zero-order valence-corrected chi connectivity index (χ0v) is 12.7. The van der Waals surface area contributed by atoms with Gasteiger partial charge in [-0.3, -0.25) is 9.69 Å². The molecule has 1 saturated heterocycles. The van der Waals surface area contributed by atoms with E-state index in [1.54, 1.807) is 25.3 Å². The molecule has 1 fully saturated rings. The number of nitrogen functional groups attached to an aromatic ring is 1. The quantitative estimate of drug-likeness (QED) is 0.827. The highest BCUT2D eigenvalue weighted by atomic mass is 32.2. The number of hydrogen-bond donors (Lipinski definition) is 2. The molecule has 6 heteroatoms. The number of rotatable bonds is 4. The van der Waals surface area contributed by atoms with Crippen LogP contribution in [-0.4, -0.2) is 48.6 Å². The Labute approximate surface area is 123 Å². The van der Waals surface area contributed by atoms with Gasteiger partial charge in [0, 0.05) is 29.8 Å². The molecular formula is C14H21N3O2S. The molecule has 1 unspecified atom stereocenters. The first kappa shape index (κ1) is 15.0. The Morgan fingerprint density at radius 3 is 3.10 bits per heavy atom. The van der Waals surface area contributed by atoms with Crippen LogP contribution in [0.5, 0.6) is 5.75 Å². The summed E-state index contributed by atoms with van der Waals surface area (Å²) >= 11 is 1.94. The second-order valence-electron chi connectivity index (χ2n) is 4.90. The Bertz CT molecular complexity index is 481. The van der Waals surface area contributed by atoms with Gasteiger partial charge in [0.25, 0.3) is 0 Å². The van der Waals surface area contributed by atoms with Crippen molar-refractivity contribution in [3.63, 3.8) is 0 Å². The number of nitrogens with two attached hydrogens (primary N) is 1. The lowest BCUT2D eigenvalue weighted by Crippen LogP contribution is -2.44. The minimum Gasteiger partial charge on any atom is -0.495 e. The van der Waals surface area contributed by atoms with E-state index >= 15 is 0 Å². The zero-order chi connectivity index (χ0) is 14.5. The van der Waals surface area contributed by atoms with Gasteiger partial charge in [-0.15, -0.1) is 0 Å². The number of thioether (sulfide) groups is 1. The number of carbonyl (C=O) groups is 1. The fourth-order valence-corrected chi connectivity index (χ4v) is 3.28. The number of anilines is 2. The summed E-state index contributed by atoms with van der Waals surface area (Å²) in [5, 5.41) is 2.88. The average molecular weight is 295 g/mol. The molecule has 1 atom stereocenters. The van der Waals surface area contributed by atoms with E-state index in [4.69, 9.17) is 10.5 Å². The second kappa shape index (κ2) is 6.85. The van der Waals surface area contributed by atoms with Gasteiger partial charge >= 0.3 is 0 Å². The fourth-order valence-electron chi connectivity index (χ4n) is 2.19. The monoisotopic (exact) mass is 295 g/mol. The van der Waals surface area contributed by atoms with Gasteiger partial charge < -0.3 is 15.8 Å². The van der Waals surface area contributed by atoms with Gasteiger partial charge in [-0.1, -0.05) is 0 Å². The minimum atomic E-state index is -0.0346. The number of benzene rings is 1. The van der Waals surface area contributed by atoms with Crippen LogP contribution in [0.15, 0.2) is 18.2 Å². The van der Waals surface area contributed by atoms with Gasteiger partial charge in [-0.25, -0.2) is 0 Å². The average Bonchev–Trinajstić information content (AvgIpc) is 2.41. The highest BCUT2D eigenvalue weighted by Crippen LogP contribution is 2.26. The number of hydrogen-bond acceptors (Lipinski definition) is 5. The van der Waals surface area contributed by atoms with Crippen LogP contribution < -0.4 is 15.8 Å². The number of nitrogens with zero attached hydrogens (tertiary/aromatic N) is 1. The lowest BCUT2D eigenvalue weighted by molar-refractivity contribution is -0.117. The van der Waals surface area contributed by atoms with Crippen molar-refractivity contribution in [3.05, 3.63) is 18.2 Å². The van der Waals surface area contributed by atoms with Crippen LogP contribution in [0.25, 0.3) is 0 Å². The standard InChI is InChI=1S/C14H21N3O2S/c1-10-9-20-6-5-17(10)8-14(18)16-12-7-11(15)3-4-13(12)19-2/h3-4,7,10H,5-6,8-9,15H2,1-2H3,(H,16,18). The largest absolute Gasteiger partial charge is 0.495 e. The van der Waals surface area contributed by atoms with E-state index in [9.17, 15) is 4.79 Å². The summed E-state index contributed by atoms with van der Waals surface area (Å²) in [5.41, 5.74) is 6.97. The predicted octanol–water partition coefficient (Wildman–Crippen LogP) is 1.65. The van der Waals surface area contributed by atoms with Gasteiger partial charge in [0.15, 0.2) is 0 Å². The van der Waals surface area contributed by atoms with Gasteiger partial charge in [0.1, 0.15) is 5.75 Å². The molecule has 110 valence electrons. The number of ether oxygens (including phenoxy) is 1. The molecule has 1 aromatic rings. The molecule has 5 nitrogen and oxygen atoms in total. The second-order valence-corrected chi connectivity index (χ2v) is 6.05. The molecule has 20 heavy (non-hydrogen) atoms. The molecule has 0 aromatic heterocycles. The molecule has 2 rings (SSSR count). The smallest absolute Gasteiger partial charge is 0.238 e. The molecule has 1 heterocycles. The van der Waals surface area contributed by atoms with Crippen LogP contribution in [0.2, 0.25) is 0 Å². The molecule has 0 spiro atoms. The minimum absolute atomic E-state index is 0.0346. The Morgan fingerprint density at radius 2 is 2.40 bits per heavy atom. The number of methoxy groups -OCH3 is 1. The maximum atomic E-state index is 12.1. The Kier molecular flexibility index (Phi) is 5.14. The molecule has 0 radical (unpaired) electrons. The SMILES string of the molecule is COc1ccc(N)cc1NC(=O)CN1CCSCC1C. The van der Waals surface area contributed by atoms with E-state index in [-0.39, 0.29) is 5.91 Å². The maximum Gasteiger partial charge on any atom is 0.238 e. The summed E-state index contributed by atoms with van der Waals surface area (Å²) in [4.78, 5) is 14.3. The summed E-state index contributed by atoms with van der Waals surface area (Å²) in [5.74, 6) is 2.75. The number of nitrogens with one attached hydrogen (secondary N) is 1. The molecular weight excluding hydrogens is 274 g/mol. The third-order valence-electron chi connectivity index (χ3n) is 3.35. The van der Waals surface area contributed by atoms with Crippen molar-refractivity contribution < 1.29 is 9.53 Å². The van der Waals surface area contributed by atoms with Crippen molar-refractivity contribution in [1.82, 2.24) is 4.90 Å². The number of carbonyl (C=O) groups excluding carboxylic acids is 1. The Morgan fingerprint density at radius 1 is 1.60 bits per heavy atom. The van der Waals surface area contributed by atoms with Crippen LogP contribution in [0.1, 0.15) is 6.92 Å². The molecule has 0 bridgehead atoms. The van der Waals surface area contributed by atoms with E-state index in [1.165, 1.54) is 0 Å². The molecule has 0 aliphatic carbocycles. The number of amides is 1. The normalized spacial score (nSPS) is 19.6. The van der Waals surface area contributed by atoms with Crippen molar-refractivity contribution in [2.45, 2.75) is 13.0 Å². The van der Waals surface area contributed by atoms with Crippen molar-refractivity contribution in [3.8, 4) is 5.75 Å². The summed E-state index contributed by atoms with van der Waals surface area (Å²) in [6.07, 6.45) is 0. The molecule has 1 amide bonds. The Hall–Kier alpha value is -1.40. The van der Waals surface area contributed by atoms with Gasteiger partial charge in [-0.05, 0) is 25.1 Å². The lowest BCUT2D eigenvalue weighted by atomic mass is 10.2. The summed E-state index contributed by atoms with van der Waals surface area (Å²) < 4.78 is 5.23. The fraction of sp³-hybridized carbons (Fsp3) is 0.500. The first-order chi connectivity index (χ1) is 9.60. The van der Waals surface area contributed by atoms with Crippen LogP contribution >= 0.6 is 11.8 Å². The van der Waals surface area contributed by atoms with E-state index < -0.39 is 0 Å². The molecule has 1 aliphatic heterocycles. The third kappa shape index (κ3) is 3.80. The third-order valence-corrected chi connectivity index (χ3v) is 4.54. The van der Waals surface area contributed by atoms with Crippen LogP contribution in [0.4, 0.5) is 11.4 Å². The molecule has 1 aromatic carbocycles. The van der Waals surface area contributed by atoms with Crippen molar-refractivity contribution >= 4 is 29.0 Å². The maximum absolute atomic E-state index is 12.1. The highest BCUT2D eigenvalue weighted by Gasteiger charge is 2.21. The molecule has 0 saturated carbocycles. The van der Waals surface area contributed by atoms with Gasteiger partial charge in [0.2, 0.25) is 5.91 Å². The van der Waals surface area contributed by atoms with Crippen molar-refractivity contribution in [1.29, 1.82) is 0 Å². The first-order valence-corrected chi connectivity index (χ1v) is 7.81. The van der Waals surface area contributed by atoms with Crippen molar-refractivity contribution in [2.75, 3.05) is 42.8 Å². The highest BCUT2D eigenvalue weighted by molar-refractivity contribution is 7.99. The molecule has 1 aliphatic rings. The topological polar surface area (TPSA) is 67.6 Å².